The zero-order valence-electron chi connectivity index (χ0n) is 17.7. The second-order valence-electron chi connectivity index (χ2n) is 6.98. The third-order valence-corrected chi connectivity index (χ3v) is 4.50. The number of nitrogens with one attached hydrogen (secondary N) is 3. The predicted molar refractivity (Wildman–Crippen MR) is 117 cm³/mol. The number of hydrogen-bond donors (Lipinski definition) is 3. The smallest absolute Gasteiger partial charge is 0.263 e. The summed E-state index contributed by atoms with van der Waals surface area (Å²) >= 11 is 0. The molecule has 3 aromatic rings. The number of aromatic nitrogens is 4. The van der Waals surface area contributed by atoms with E-state index in [9.17, 15) is 4.79 Å². The van der Waals surface area contributed by atoms with Crippen LogP contribution in [0.1, 0.15) is 35.5 Å². The molecule has 0 radical (unpaired) electrons. The van der Waals surface area contributed by atoms with Crippen LogP contribution in [0.15, 0.2) is 42.7 Å². The Kier molecular flexibility index (Phi) is 6.39. The van der Waals surface area contributed by atoms with Crippen LogP contribution in [0, 0.1) is 17.7 Å². The van der Waals surface area contributed by atoms with E-state index in [-0.39, 0.29) is 29.1 Å². The van der Waals surface area contributed by atoms with Gasteiger partial charge in [0.15, 0.2) is 11.7 Å². The summed E-state index contributed by atoms with van der Waals surface area (Å²) < 4.78 is 6.77. The molecule has 0 aliphatic carbocycles. The fraction of sp³-hybridized carbons (Fsp3) is 0.238. The minimum Gasteiger partial charge on any atom is -0.479 e. The number of amidine groups is 1. The van der Waals surface area contributed by atoms with Gasteiger partial charge >= 0.3 is 0 Å². The fourth-order valence-corrected chi connectivity index (χ4v) is 2.91. The highest BCUT2D eigenvalue weighted by Gasteiger charge is 2.20. The van der Waals surface area contributed by atoms with Crippen molar-refractivity contribution >= 4 is 23.9 Å². The van der Waals surface area contributed by atoms with Crippen molar-refractivity contribution < 1.29 is 9.53 Å². The molecule has 0 spiro atoms. The lowest BCUT2D eigenvalue weighted by Gasteiger charge is -2.23. The second kappa shape index (κ2) is 9.16. The molecule has 10 heteroatoms. The number of ether oxygens (including phenoxy) is 1. The Morgan fingerprint density at radius 3 is 2.71 bits per heavy atom. The van der Waals surface area contributed by atoms with Crippen LogP contribution in [0.5, 0.6) is 5.88 Å². The summed E-state index contributed by atoms with van der Waals surface area (Å²) in [5.41, 5.74) is 1.45. The van der Waals surface area contributed by atoms with Crippen LogP contribution >= 0.6 is 0 Å². The molecule has 0 aliphatic heterocycles. The van der Waals surface area contributed by atoms with Crippen LogP contribution in [0.25, 0.3) is 5.82 Å². The minimum absolute atomic E-state index is 0.0668. The van der Waals surface area contributed by atoms with Gasteiger partial charge in [0, 0.05) is 18.4 Å². The summed E-state index contributed by atoms with van der Waals surface area (Å²) in [7, 11) is 1.44. The average molecular weight is 420 g/mol. The van der Waals surface area contributed by atoms with Crippen molar-refractivity contribution in [3.8, 4) is 11.7 Å². The Hall–Kier alpha value is -4.08. The van der Waals surface area contributed by atoms with E-state index in [1.54, 1.807) is 30.6 Å². The first kappa shape index (κ1) is 21.6. The first-order chi connectivity index (χ1) is 14.8. The van der Waals surface area contributed by atoms with Gasteiger partial charge in [0.25, 0.3) is 5.91 Å². The number of pyridine rings is 2. The van der Waals surface area contributed by atoms with Crippen LogP contribution in [0.2, 0.25) is 0 Å². The molecule has 3 N–H and O–H groups in total. The van der Waals surface area contributed by atoms with E-state index in [2.05, 4.69) is 20.4 Å². The molecule has 0 aliphatic rings. The van der Waals surface area contributed by atoms with E-state index in [1.807, 2.05) is 32.9 Å². The highest BCUT2D eigenvalue weighted by Crippen LogP contribution is 2.21. The lowest BCUT2D eigenvalue weighted by Crippen LogP contribution is -2.36. The van der Waals surface area contributed by atoms with Gasteiger partial charge in [-0.1, -0.05) is 12.1 Å². The maximum absolute atomic E-state index is 12.9. The zero-order chi connectivity index (χ0) is 22.5. The Morgan fingerprint density at radius 1 is 1.29 bits per heavy atom. The van der Waals surface area contributed by atoms with Gasteiger partial charge in [-0.3, -0.25) is 15.6 Å². The van der Waals surface area contributed by atoms with Crippen LogP contribution in [-0.2, 0) is 0 Å². The Bertz CT molecular complexity index is 1120. The molecule has 0 saturated heterocycles. The first-order valence-electron chi connectivity index (χ1n) is 9.57. The van der Waals surface area contributed by atoms with Gasteiger partial charge in [-0.2, -0.15) is 0 Å². The normalized spacial score (nSPS) is 10.6. The second-order valence-corrected chi connectivity index (χ2v) is 6.98. The van der Waals surface area contributed by atoms with Crippen molar-refractivity contribution in [2.24, 2.45) is 0 Å². The quantitative estimate of drug-likeness (QED) is 0.398. The predicted octanol–water partition coefficient (Wildman–Crippen LogP) is 2.87. The lowest BCUT2D eigenvalue weighted by molar-refractivity contribution is 0.102. The van der Waals surface area contributed by atoms with Crippen molar-refractivity contribution in [3.63, 3.8) is 0 Å². The summed E-state index contributed by atoms with van der Waals surface area (Å²) in [4.78, 5) is 23.0. The van der Waals surface area contributed by atoms with Gasteiger partial charge in [-0.15, -0.1) is 5.10 Å². The number of rotatable bonds is 7. The molecule has 1 amide bonds. The molecule has 160 valence electrons. The SMILES string of the molecule is COc1nn(-c2ncccc2C)cc1C(=O)Nc1cccc(C(=N)N(C=N)C(C)C)n1. The number of hydrogen-bond acceptors (Lipinski definition) is 7. The Labute approximate surface area is 179 Å². The largest absolute Gasteiger partial charge is 0.479 e. The van der Waals surface area contributed by atoms with E-state index in [4.69, 9.17) is 15.6 Å². The van der Waals surface area contributed by atoms with Crippen molar-refractivity contribution in [1.29, 1.82) is 10.8 Å². The number of amides is 1. The van der Waals surface area contributed by atoms with Crippen molar-refractivity contribution in [1.82, 2.24) is 24.6 Å². The maximum Gasteiger partial charge on any atom is 0.263 e. The Balaban J connectivity index is 1.86. The van der Waals surface area contributed by atoms with E-state index >= 15 is 0 Å². The summed E-state index contributed by atoms with van der Waals surface area (Å²) in [6.07, 6.45) is 4.28. The average Bonchev–Trinajstić information content (AvgIpc) is 3.19. The van der Waals surface area contributed by atoms with Gasteiger partial charge in [-0.25, -0.2) is 14.6 Å². The summed E-state index contributed by atoms with van der Waals surface area (Å²) in [6, 6.07) is 8.61. The van der Waals surface area contributed by atoms with E-state index in [0.29, 0.717) is 11.5 Å². The number of methoxy groups -OCH3 is 1. The van der Waals surface area contributed by atoms with E-state index in [0.717, 1.165) is 11.9 Å². The number of nitrogens with zero attached hydrogens (tertiary/aromatic N) is 5. The Morgan fingerprint density at radius 2 is 2.06 bits per heavy atom. The zero-order valence-corrected chi connectivity index (χ0v) is 17.7. The van der Waals surface area contributed by atoms with Gasteiger partial charge in [0.2, 0.25) is 5.88 Å². The lowest BCUT2D eigenvalue weighted by atomic mass is 10.2. The third kappa shape index (κ3) is 4.58. The molecule has 10 nitrogen and oxygen atoms in total. The number of anilines is 1. The molecule has 3 heterocycles. The highest BCUT2D eigenvalue weighted by atomic mass is 16.5. The summed E-state index contributed by atoms with van der Waals surface area (Å²) in [5.74, 6) is 0.623. The molecule has 0 bridgehead atoms. The van der Waals surface area contributed by atoms with Crippen molar-refractivity contribution in [3.05, 3.63) is 59.5 Å². The molecule has 0 unspecified atom stereocenters. The molecule has 3 rings (SSSR count). The van der Waals surface area contributed by atoms with Gasteiger partial charge in [0.05, 0.1) is 13.4 Å². The van der Waals surface area contributed by atoms with Crippen LogP contribution in [0.4, 0.5) is 5.82 Å². The molecular weight excluding hydrogens is 396 g/mol. The summed E-state index contributed by atoms with van der Waals surface area (Å²) in [6.45, 7) is 5.65. The highest BCUT2D eigenvalue weighted by molar-refractivity contribution is 6.06. The molecule has 0 aromatic carbocycles. The molecule has 0 fully saturated rings. The minimum atomic E-state index is -0.458. The molecular formula is C21H24N8O2. The van der Waals surface area contributed by atoms with E-state index < -0.39 is 5.91 Å². The van der Waals surface area contributed by atoms with Gasteiger partial charge in [0.1, 0.15) is 17.1 Å². The van der Waals surface area contributed by atoms with Crippen LogP contribution in [0.3, 0.4) is 0 Å². The fourth-order valence-electron chi connectivity index (χ4n) is 2.91. The number of carbonyl (C=O) groups is 1. The maximum atomic E-state index is 12.9. The van der Waals surface area contributed by atoms with Gasteiger partial charge < -0.3 is 15.0 Å². The molecule has 0 saturated carbocycles. The number of aryl methyl sites for hydroxylation is 1. The third-order valence-electron chi connectivity index (χ3n) is 4.50. The summed E-state index contributed by atoms with van der Waals surface area (Å²) in [5, 5.41) is 22.8. The van der Waals surface area contributed by atoms with Crippen molar-refractivity contribution in [2.75, 3.05) is 12.4 Å². The van der Waals surface area contributed by atoms with Crippen molar-refractivity contribution in [2.45, 2.75) is 26.8 Å². The van der Waals surface area contributed by atoms with Crippen LogP contribution < -0.4 is 10.1 Å². The topological polar surface area (TPSA) is 133 Å². The monoisotopic (exact) mass is 420 g/mol. The van der Waals surface area contributed by atoms with Gasteiger partial charge in [-0.05, 0) is 44.5 Å². The van der Waals surface area contributed by atoms with Crippen LogP contribution in [-0.4, -0.2) is 55.9 Å². The molecule has 0 atom stereocenters. The number of carbonyl (C=O) groups excluding carboxylic acids is 1. The molecule has 3 aromatic heterocycles. The standard InChI is InChI=1S/C21H24N8O2/c1-13(2)28(12-22)18(23)16-8-5-9-17(25-16)26-20(30)15-11-29(27-21(15)31-4)19-14(3)7-6-10-24-19/h5-13,22-23H,1-4H3,(H,25,26,30). The molecule has 31 heavy (non-hydrogen) atoms. The van der Waals surface area contributed by atoms with E-state index in [1.165, 1.54) is 16.7 Å². The first-order valence-corrected chi connectivity index (χ1v) is 9.57.